The van der Waals surface area contributed by atoms with Crippen LogP contribution in [0.2, 0.25) is 0 Å². The molecule has 2 heterocycles. The fourth-order valence-electron chi connectivity index (χ4n) is 3.82. The minimum Gasteiger partial charge on any atom is -0.336 e. The number of hydrogen-bond acceptors (Lipinski definition) is 5. The molecule has 1 aromatic heterocycles. The lowest BCUT2D eigenvalue weighted by molar-refractivity contribution is 0.0628. The van der Waals surface area contributed by atoms with Crippen LogP contribution in [-0.4, -0.2) is 55.3 Å². The molecule has 4 rings (SSSR count). The summed E-state index contributed by atoms with van der Waals surface area (Å²) in [5.74, 6) is -0.0420. The van der Waals surface area contributed by atoms with Crippen molar-refractivity contribution in [2.24, 2.45) is 0 Å². The molecule has 1 aliphatic rings. The van der Waals surface area contributed by atoms with Gasteiger partial charge >= 0.3 is 0 Å². The molecule has 7 nitrogen and oxygen atoms in total. The molecule has 0 spiro atoms. The zero-order chi connectivity index (χ0) is 23.4. The molecule has 2 aromatic carbocycles. The van der Waals surface area contributed by atoms with Crippen LogP contribution in [0.1, 0.15) is 27.0 Å². The van der Waals surface area contributed by atoms with Crippen LogP contribution in [-0.2, 0) is 16.6 Å². The van der Waals surface area contributed by atoms with Crippen molar-refractivity contribution in [3.8, 4) is 0 Å². The molecule has 33 heavy (non-hydrogen) atoms. The van der Waals surface area contributed by atoms with Gasteiger partial charge in [-0.25, -0.2) is 8.42 Å². The van der Waals surface area contributed by atoms with Crippen molar-refractivity contribution < 1.29 is 13.2 Å². The van der Waals surface area contributed by atoms with Crippen LogP contribution in [0.3, 0.4) is 0 Å². The lowest BCUT2D eigenvalue weighted by Crippen LogP contribution is -2.48. The van der Waals surface area contributed by atoms with Crippen LogP contribution in [0.25, 0.3) is 0 Å². The number of sulfonamides is 1. The molecule has 1 saturated heterocycles. The quantitative estimate of drug-likeness (QED) is 0.604. The fraction of sp³-hybridized carbons (Fsp3) is 0.280. The van der Waals surface area contributed by atoms with Crippen LogP contribution in [0.5, 0.6) is 0 Å². The second-order valence-electron chi connectivity index (χ2n) is 8.36. The molecule has 0 saturated carbocycles. The molecule has 0 bridgehead atoms. The molecule has 172 valence electrons. The van der Waals surface area contributed by atoms with E-state index in [0.29, 0.717) is 24.3 Å². The lowest BCUT2D eigenvalue weighted by atomic mass is 10.1. The van der Waals surface area contributed by atoms with Gasteiger partial charge in [0.05, 0.1) is 4.90 Å². The summed E-state index contributed by atoms with van der Waals surface area (Å²) >= 11 is 0. The maximum atomic E-state index is 12.9. The van der Waals surface area contributed by atoms with E-state index in [2.05, 4.69) is 20.7 Å². The van der Waals surface area contributed by atoms with Crippen LogP contribution < -0.4 is 4.72 Å². The second-order valence-corrected chi connectivity index (χ2v) is 10.0. The molecule has 1 N–H and O–H groups in total. The van der Waals surface area contributed by atoms with Crippen molar-refractivity contribution >= 4 is 21.6 Å². The molecular formula is C25H28N4O3S. The Kier molecular flexibility index (Phi) is 6.76. The number of rotatable bonds is 6. The smallest absolute Gasteiger partial charge is 0.261 e. The average molecular weight is 465 g/mol. The van der Waals surface area contributed by atoms with Gasteiger partial charge in [-0.1, -0.05) is 12.1 Å². The molecule has 3 aromatic rings. The largest absolute Gasteiger partial charge is 0.336 e. The number of anilines is 1. The van der Waals surface area contributed by atoms with E-state index >= 15 is 0 Å². The van der Waals surface area contributed by atoms with Crippen molar-refractivity contribution in [1.29, 1.82) is 0 Å². The Morgan fingerprint density at radius 2 is 1.70 bits per heavy atom. The molecular weight excluding hydrogens is 436 g/mol. The minimum absolute atomic E-state index is 0.0420. The molecule has 0 unspecified atom stereocenters. The Morgan fingerprint density at radius 1 is 0.970 bits per heavy atom. The zero-order valence-corrected chi connectivity index (χ0v) is 19.7. The Balaban J connectivity index is 1.35. The molecule has 0 atom stereocenters. The fourth-order valence-corrected chi connectivity index (χ4v) is 4.96. The van der Waals surface area contributed by atoms with Crippen molar-refractivity contribution in [3.63, 3.8) is 0 Å². The minimum atomic E-state index is -3.69. The molecule has 0 aliphatic carbocycles. The number of hydrogen-bond donors (Lipinski definition) is 1. The molecule has 8 heteroatoms. The number of nitrogens with zero attached hydrogens (tertiary/aromatic N) is 3. The number of amides is 1. The normalized spacial score (nSPS) is 14.8. The summed E-state index contributed by atoms with van der Waals surface area (Å²) in [5.41, 5.74) is 4.08. The zero-order valence-electron chi connectivity index (χ0n) is 18.9. The number of aromatic nitrogens is 1. The van der Waals surface area contributed by atoms with Gasteiger partial charge in [0.1, 0.15) is 0 Å². The van der Waals surface area contributed by atoms with E-state index in [1.165, 1.54) is 0 Å². The van der Waals surface area contributed by atoms with E-state index in [1.807, 2.05) is 31.0 Å². The summed E-state index contributed by atoms with van der Waals surface area (Å²) in [6, 6.07) is 15.6. The summed E-state index contributed by atoms with van der Waals surface area (Å²) < 4.78 is 28.0. The van der Waals surface area contributed by atoms with E-state index in [1.54, 1.807) is 48.7 Å². The highest BCUT2D eigenvalue weighted by Gasteiger charge is 2.22. The lowest BCUT2D eigenvalue weighted by Gasteiger charge is -2.34. The van der Waals surface area contributed by atoms with Crippen molar-refractivity contribution in [2.75, 3.05) is 30.9 Å². The Labute approximate surface area is 195 Å². The summed E-state index contributed by atoms with van der Waals surface area (Å²) in [6.07, 6.45) is 3.63. The van der Waals surface area contributed by atoms with E-state index in [4.69, 9.17) is 0 Å². The Bertz CT molecular complexity index is 1220. The topological polar surface area (TPSA) is 82.6 Å². The summed E-state index contributed by atoms with van der Waals surface area (Å²) in [5, 5.41) is 0. The SMILES string of the molecule is Cc1ccc(S(=O)(=O)Nc2ccc(C(=O)N3CCN(Cc4cccnc4)CC3)cc2)cc1C. The van der Waals surface area contributed by atoms with E-state index in [9.17, 15) is 13.2 Å². The van der Waals surface area contributed by atoms with Crippen LogP contribution in [0.15, 0.2) is 71.9 Å². The van der Waals surface area contributed by atoms with Gasteiger partial charge in [0.25, 0.3) is 15.9 Å². The number of benzene rings is 2. The highest BCUT2D eigenvalue weighted by Crippen LogP contribution is 2.20. The van der Waals surface area contributed by atoms with Crippen LogP contribution >= 0.6 is 0 Å². The van der Waals surface area contributed by atoms with Gasteiger partial charge in [0, 0.05) is 56.4 Å². The van der Waals surface area contributed by atoms with Gasteiger partial charge in [-0.15, -0.1) is 0 Å². The first-order valence-corrected chi connectivity index (χ1v) is 12.4. The molecule has 1 amide bonds. The van der Waals surface area contributed by atoms with Gasteiger partial charge in [0.2, 0.25) is 0 Å². The number of pyridine rings is 1. The van der Waals surface area contributed by atoms with E-state index in [-0.39, 0.29) is 10.8 Å². The third-order valence-electron chi connectivity index (χ3n) is 5.96. The Hall–Kier alpha value is -3.23. The maximum Gasteiger partial charge on any atom is 0.261 e. The number of carbonyl (C=O) groups is 1. The van der Waals surface area contributed by atoms with Crippen molar-refractivity contribution in [1.82, 2.24) is 14.8 Å². The standard InChI is InChI=1S/C25H28N4O3S/c1-19-5-10-24(16-20(19)2)33(31,32)27-23-8-6-22(7-9-23)25(30)29-14-12-28(13-15-29)18-21-4-3-11-26-17-21/h3-11,16-17,27H,12-15,18H2,1-2H3. The van der Waals surface area contributed by atoms with Crippen molar-refractivity contribution in [3.05, 3.63) is 89.2 Å². The third-order valence-corrected chi connectivity index (χ3v) is 7.34. The van der Waals surface area contributed by atoms with Gasteiger partial charge in [-0.2, -0.15) is 0 Å². The number of nitrogens with one attached hydrogen (secondary N) is 1. The van der Waals surface area contributed by atoms with Crippen LogP contribution in [0, 0.1) is 13.8 Å². The highest BCUT2D eigenvalue weighted by atomic mass is 32.2. The molecule has 1 aliphatic heterocycles. The monoisotopic (exact) mass is 464 g/mol. The molecule has 0 radical (unpaired) electrons. The Morgan fingerprint density at radius 3 is 2.33 bits per heavy atom. The number of carbonyl (C=O) groups excluding carboxylic acids is 1. The second kappa shape index (κ2) is 9.72. The van der Waals surface area contributed by atoms with Gasteiger partial charge in [0.15, 0.2) is 0 Å². The van der Waals surface area contributed by atoms with Crippen molar-refractivity contribution in [2.45, 2.75) is 25.3 Å². The predicted molar refractivity (Wildman–Crippen MR) is 129 cm³/mol. The van der Waals surface area contributed by atoms with Gasteiger partial charge in [-0.3, -0.25) is 19.4 Å². The first-order chi connectivity index (χ1) is 15.8. The number of aryl methyl sites for hydroxylation is 2. The summed E-state index contributed by atoms with van der Waals surface area (Å²) in [7, 11) is -3.69. The van der Waals surface area contributed by atoms with E-state index in [0.717, 1.165) is 36.3 Å². The molecule has 1 fully saturated rings. The number of piperazine rings is 1. The summed E-state index contributed by atoms with van der Waals surface area (Å²) in [4.78, 5) is 21.4. The first-order valence-electron chi connectivity index (χ1n) is 10.9. The highest BCUT2D eigenvalue weighted by molar-refractivity contribution is 7.92. The van der Waals surface area contributed by atoms with Gasteiger partial charge < -0.3 is 4.90 Å². The summed E-state index contributed by atoms with van der Waals surface area (Å²) in [6.45, 7) is 7.55. The van der Waals surface area contributed by atoms with E-state index < -0.39 is 10.0 Å². The van der Waals surface area contributed by atoms with Gasteiger partial charge in [-0.05, 0) is 73.0 Å². The average Bonchev–Trinajstić information content (AvgIpc) is 2.82. The van der Waals surface area contributed by atoms with Crippen LogP contribution in [0.4, 0.5) is 5.69 Å². The maximum absolute atomic E-state index is 12.9. The third kappa shape index (κ3) is 5.58. The first kappa shape index (κ1) is 22.9. The predicted octanol–water partition coefficient (Wildman–Crippen LogP) is 3.46.